The van der Waals surface area contributed by atoms with E-state index in [1.165, 1.54) is 32.4 Å². The summed E-state index contributed by atoms with van der Waals surface area (Å²) in [7, 11) is 2.89. The van der Waals surface area contributed by atoms with Crippen LogP contribution in [0.25, 0.3) is 0 Å². The maximum Gasteiger partial charge on any atom is 0.273 e. The van der Waals surface area contributed by atoms with Crippen molar-refractivity contribution in [2.45, 2.75) is 12.8 Å². The summed E-state index contributed by atoms with van der Waals surface area (Å²) in [5.41, 5.74) is 1.92. The number of hydrogen-bond donors (Lipinski definition) is 4. The maximum atomic E-state index is 13.3. The van der Waals surface area contributed by atoms with Crippen LogP contribution in [0.4, 0.5) is 33.1 Å². The number of aromatic nitrogens is 3. The van der Waals surface area contributed by atoms with Crippen LogP contribution in [0.1, 0.15) is 44.0 Å². The van der Waals surface area contributed by atoms with E-state index in [1.807, 2.05) is 4.90 Å². The summed E-state index contributed by atoms with van der Waals surface area (Å²) in [6, 6.07) is 15.9. The molecule has 43 heavy (non-hydrogen) atoms. The van der Waals surface area contributed by atoms with Crippen LogP contribution < -0.4 is 26.0 Å². The molecule has 1 aliphatic heterocycles. The highest BCUT2D eigenvalue weighted by atomic mass is 19.1. The first kappa shape index (κ1) is 28.9. The van der Waals surface area contributed by atoms with Crippen molar-refractivity contribution in [3.05, 3.63) is 89.5 Å². The minimum atomic E-state index is -0.499. The number of hydrogen-bond acceptors (Lipinski definition) is 9. The molecule has 12 nitrogen and oxygen atoms in total. The van der Waals surface area contributed by atoms with E-state index >= 15 is 0 Å². The lowest BCUT2D eigenvalue weighted by molar-refractivity contribution is 0.0792. The second-order valence-corrected chi connectivity index (χ2v) is 9.60. The van der Waals surface area contributed by atoms with E-state index in [2.05, 4.69) is 36.4 Å². The zero-order valence-corrected chi connectivity index (χ0v) is 23.5. The smallest absolute Gasteiger partial charge is 0.273 e. The minimum absolute atomic E-state index is 0.0133. The Bertz CT molecular complexity index is 1640. The number of halogens is 1. The molecule has 0 aliphatic carbocycles. The average Bonchev–Trinajstić information content (AvgIpc) is 3.57. The van der Waals surface area contributed by atoms with Gasteiger partial charge >= 0.3 is 0 Å². The van der Waals surface area contributed by atoms with Crippen LogP contribution in [0.15, 0.2) is 66.9 Å². The van der Waals surface area contributed by atoms with Crippen LogP contribution in [0, 0.1) is 5.82 Å². The fourth-order valence-electron chi connectivity index (χ4n) is 4.59. The second-order valence-electron chi connectivity index (χ2n) is 9.60. The number of carbonyl (C=O) groups excluding carboxylic acids is 3. The van der Waals surface area contributed by atoms with Gasteiger partial charge in [0.1, 0.15) is 11.6 Å². The van der Waals surface area contributed by atoms with Gasteiger partial charge in [0.15, 0.2) is 17.3 Å². The average molecular weight is 585 g/mol. The van der Waals surface area contributed by atoms with Crippen molar-refractivity contribution in [1.82, 2.24) is 25.4 Å². The van der Waals surface area contributed by atoms with Gasteiger partial charge in [0.25, 0.3) is 17.7 Å². The molecule has 3 amide bonds. The van der Waals surface area contributed by atoms with E-state index in [-0.39, 0.29) is 34.4 Å². The highest BCUT2D eigenvalue weighted by molar-refractivity contribution is 6.08. The van der Waals surface area contributed by atoms with E-state index in [1.54, 1.807) is 42.5 Å². The highest BCUT2D eigenvalue weighted by Gasteiger charge is 2.21. The molecule has 2 aromatic carbocycles. The van der Waals surface area contributed by atoms with Crippen LogP contribution >= 0.6 is 0 Å². The number of para-hydroxylation sites is 1. The molecule has 0 atom stereocenters. The van der Waals surface area contributed by atoms with Crippen molar-refractivity contribution >= 4 is 46.4 Å². The number of ether oxygens (including phenoxy) is 1. The van der Waals surface area contributed by atoms with Crippen molar-refractivity contribution in [1.29, 1.82) is 0 Å². The molecule has 4 N–H and O–H groups in total. The molecule has 2 aromatic heterocycles. The van der Waals surface area contributed by atoms with Crippen LogP contribution in [0.2, 0.25) is 0 Å². The van der Waals surface area contributed by atoms with Crippen molar-refractivity contribution in [2.75, 3.05) is 43.2 Å². The van der Waals surface area contributed by atoms with E-state index in [0.717, 1.165) is 32.1 Å². The number of likely N-dealkylation sites (tertiary alicyclic amines) is 1. The Morgan fingerprint density at radius 3 is 2.33 bits per heavy atom. The molecule has 13 heteroatoms. The summed E-state index contributed by atoms with van der Waals surface area (Å²) in [6.07, 6.45) is 3.07. The van der Waals surface area contributed by atoms with Crippen LogP contribution in [0.5, 0.6) is 5.75 Å². The molecule has 1 aliphatic rings. The lowest BCUT2D eigenvalue weighted by atomic mass is 10.1. The Labute approximate surface area is 246 Å². The predicted molar refractivity (Wildman–Crippen MR) is 159 cm³/mol. The first-order valence-electron chi connectivity index (χ1n) is 13.5. The number of pyridine rings is 1. The normalized spacial score (nSPS) is 12.4. The first-order valence-corrected chi connectivity index (χ1v) is 13.5. The highest BCUT2D eigenvalue weighted by Crippen LogP contribution is 2.33. The van der Waals surface area contributed by atoms with Gasteiger partial charge in [-0.15, -0.1) is 10.2 Å². The van der Waals surface area contributed by atoms with Gasteiger partial charge in [-0.05, 0) is 61.4 Å². The Hall–Kier alpha value is -5.59. The summed E-state index contributed by atoms with van der Waals surface area (Å²) < 4.78 is 18.9. The number of methoxy groups -OCH3 is 1. The zero-order valence-electron chi connectivity index (χ0n) is 23.5. The number of benzene rings is 2. The third kappa shape index (κ3) is 6.67. The van der Waals surface area contributed by atoms with Gasteiger partial charge in [-0.3, -0.25) is 14.4 Å². The number of rotatable bonds is 9. The standard InChI is InChI=1S/C30H29FN8O4/c1-32-29(41)26-23(16-25(37-38-26)36-24-13-10-19(31)17-33-24)35-22-7-5-6-21(27(22)43-2)28(40)34-20-11-8-18(9-12-20)30(42)39-14-3-4-15-39/h5-13,16-17H,3-4,14-15H2,1-2H3,(H,32,41)(H,34,40)(H2,33,35,36,37). The summed E-state index contributed by atoms with van der Waals surface area (Å²) in [5, 5.41) is 19.5. The Morgan fingerprint density at radius 2 is 1.65 bits per heavy atom. The topological polar surface area (TPSA) is 150 Å². The maximum absolute atomic E-state index is 13.3. The van der Waals surface area contributed by atoms with E-state index in [4.69, 9.17) is 4.74 Å². The van der Waals surface area contributed by atoms with Gasteiger partial charge in [-0.2, -0.15) is 0 Å². The molecular weight excluding hydrogens is 555 g/mol. The molecule has 0 bridgehead atoms. The molecular formula is C30H29FN8O4. The molecule has 0 saturated carbocycles. The second kappa shape index (κ2) is 12.9. The number of anilines is 5. The molecule has 1 saturated heterocycles. The molecule has 0 radical (unpaired) electrons. The predicted octanol–water partition coefficient (Wildman–Crippen LogP) is 4.35. The van der Waals surface area contributed by atoms with Gasteiger partial charge in [0.2, 0.25) is 0 Å². The van der Waals surface area contributed by atoms with Crippen molar-refractivity contribution in [3.8, 4) is 5.75 Å². The molecule has 1 fully saturated rings. The van der Waals surface area contributed by atoms with Crippen molar-refractivity contribution in [3.63, 3.8) is 0 Å². The molecule has 5 rings (SSSR count). The molecule has 220 valence electrons. The summed E-state index contributed by atoms with van der Waals surface area (Å²) in [5.74, 6) is -0.688. The van der Waals surface area contributed by atoms with Crippen LogP contribution in [-0.2, 0) is 0 Å². The number of amides is 3. The summed E-state index contributed by atoms with van der Waals surface area (Å²) in [4.78, 5) is 44.3. The number of carbonyl (C=O) groups is 3. The first-order chi connectivity index (χ1) is 20.9. The molecule has 4 aromatic rings. The quantitative estimate of drug-likeness (QED) is 0.225. The monoisotopic (exact) mass is 584 g/mol. The van der Waals surface area contributed by atoms with E-state index in [9.17, 15) is 18.8 Å². The lowest BCUT2D eigenvalue weighted by Gasteiger charge is -2.17. The molecule has 3 heterocycles. The zero-order chi connectivity index (χ0) is 30.3. The molecule has 0 spiro atoms. The Morgan fingerprint density at radius 1 is 0.884 bits per heavy atom. The fraction of sp³-hybridized carbons (Fsp3) is 0.200. The van der Waals surface area contributed by atoms with Crippen LogP contribution in [-0.4, -0.2) is 65.0 Å². The number of nitrogens with one attached hydrogen (secondary N) is 4. The lowest BCUT2D eigenvalue weighted by Crippen LogP contribution is -2.27. The summed E-state index contributed by atoms with van der Waals surface area (Å²) >= 11 is 0. The minimum Gasteiger partial charge on any atom is -0.494 e. The SMILES string of the molecule is CNC(=O)c1nnc(Nc2ccc(F)cn2)cc1Nc1cccc(C(=O)Nc2ccc(C(=O)N3CCCC3)cc2)c1OC. The number of nitrogens with zero attached hydrogens (tertiary/aromatic N) is 4. The van der Waals surface area contributed by atoms with Gasteiger partial charge in [0, 0.05) is 37.5 Å². The Balaban J connectivity index is 1.37. The van der Waals surface area contributed by atoms with E-state index in [0.29, 0.717) is 22.8 Å². The van der Waals surface area contributed by atoms with Crippen molar-refractivity contribution in [2.24, 2.45) is 0 Å². The molecule has 0 unspecified atom stereocenters. The Kier molecular flexibility index (Phi) is 8.70. The van der Waals surface area contributed by atoms with Gasteiger partial charge in [-0.1, -0.05) is 6.07 Å². The van der Waals surface area contributed by atoms with Gasteiger partial charge < -0.3 is 30.9 Å². The summed E-state index contributed by atoms with van der Waals surface area (Å²) in [6.45, 7) is 1.51. The van der Waals surface area contributed by atoms with Crippen LogP contribution in [0.3, 0.4) is 0 Å². The third-order valence-electron chi connectivity index (χ3n) is 6.74. The third-order valence-corrected chi connectivity index (χ3v) is 6.74. The van der Waals surface area contributed by atoms with Gasteiger partial charge in [-0.25, -0.2) is 9.37 Å². The largest absolute Gasteiger partial charge is 0.494 e. The van der Waals surface area contributed by atoms with Crippen molar-refractivity contribution < 1.29 is 23.5 Å². The van der Waals surface area contributed by atoms with Gasteiger partial charge in [0.05, 0.1) is 30.2 Å². The fourth-order valence-corrected chi connectivity index (χ4v) is 4.59. The van der Waals surface area contributed by atoms with E-state index < -0.39 is 17.6 Å².